The molecule has 2 aromatic rings. The molecule has 0 saturated carbocycles. The summed E-state index contributed by atoms with van der Waals surface area (Å²) in [6.07, 6.45) is 4.75. The number of amides is 1. The molecule has 0 aliphatic carbocycles. The largest absolute Gasteiger partial charge is 0.492 e. The molecule has 1 fully saturated rings. The Kier molecular flexibility index (Phi) is 6.77. The van der Waals surface area contributed by atoms with Crippen LogP contribution in [0.15, 0.2) is 30.5 Å². The van der Waals surface area contributed by atoms with Crippen LogP contribution in [0.2, 0.25) is 10.0 Å². The van der Waals surface area contributed by atoms with E-state index >= 15 is 0 Å². The first kappa shape index (κ1) is 19.0. The van der Waals surface area contributed by atoms with Crippen molar-refractivity contribution in [1.29, 1.82) is 0 Å². The van der Waals surface area contributed by atoms with E-state index < -0.39 is 0 Å². The Morgan fingerprint density at radius 2 is 2.27 bits per heavy atom. The number of carbonyl (C=O) groups is 1. The summed E-state index contributed by atoms with van der Waals surface area (Å²) >= 11 is 11.9. The van der Waals surface area contributed by atoms with Crippen LogP contribution in [0.4, 0.5) is 0 Å². The van der Waals surface area contributed by atoms with Gasteiger partial charge >= 0.3 is 0 Å². The van der Waals surface area contributed by atoms with Gasteiger partial charge in [0.25, 0.3) is 5.91 Å². The lowest BCUT2D eigenvalue weighted by atomic mass is 10.1. The van der Waals surface area contributed by atoms with Crippen LogP contribution in [0.3, 0.4) is 0 Å². The Morgan fingerprint density at radius 3 is 3.04 bits per heavy atom. The molecule has 8 heteroatoms. The van der Waals surface area contributed by atoms with E-state index in [-0.39, 0.29) is 5.91 Å². The van der Waals surface area contributed by atoms with Gasteiger partial charge < -0.3 is 15.4 Å². The van der Waals surface area contributed by atoms with Gasteiger partial charge in [0.05, 0.1) is 17.7 Å². The average molecular weight is 397 g/mol. The highest BCUT2D eigenvalue weighted by molar-refractivity contribution is 6.35. The van der Waals surface area contributed by atoms with E-state index in [1.807, 2.05) is 10.9 Å². The van der Waals surface area contributed by atoms with Crippen LogP contribution in [0.5, 0.6) is 5.75 Å². The molecule has 1 aliphatic rings. The van der Waals surface area contributed by atoms with Gasteiger partial charge in [-0.2, -0.15) is 5.10 Å². The van der Waals surface area contributed by atoms with Crippen LogP contribution in [-0.2, 0) is 0 Å². The summed E-state index contributed by atoms with van der Waals surface area (Å²) in [5.41, 5.74) is 0.442. The molecule has 6 nitrogen and oxygen atoms in total. The van der Waals surface area contributed by atoms with Gasteiger partial charge in [-0.3, -0.25) is 9.48 Å². The number of benzene rings is 1. The fourth-order valence-electron chi connectivity index (χ4n) is 2.86. The van der Waals surface area contributed by atoms with Crippen LogP contribution in [0.1, 0.15) is 35.8 Å². The number of hydrogen-bond donors (Lipinski definition) is 2. The standard InChI is InChI=1S/C18H22Cl2N4O2/c19-13-4-5-17(15(20)11-13)26-10-2-8-22-18(25)16-6-9-24(23-16)14-3-1-7-21-12-14/h4-6,9,11,14,21H,1-3,7-8,10,12H2,(H,22,25). The van der Waals surface area contributed by atoms with Gasteiger partial charge in [0.2, 0.25) is 0 Å². The number of hydrogen-bond acceptors (Lipinski definition) is 4. The Labute approximate surface area is 162 Å². The van der Waals surface area contributed by atoms with E-state index in [4.69, 9.17) is 27.9 Å². The van der Waals surface area contributed by atoms with Crippen LogP contribution in [0, 0.1) is 0 Å². The minimum atomic E-state index is -0.169. The summed E-state index contributed by atoms with van der Waals surface area (Å²) < 4.78 is 7.48. The molecule has 2 N–H and O–H groups in total. The van der Waals surface area contributed by atoms with Gasteiger partial charge in [0.15, 0.2) is 0 Å². The lowest BCUT2D eigenvalue weighted by Crippen LogP contribution is -2.32. The molecule has 1 unspecified atom stereocenters. The van der Waals surface area contributed by atoms with Gasteiger partial charge in [0, 0.05) is 24.3 Å². The maximum atomic E-state index is 12.2. The maximum absolute atomic E-state index is 12.2. The lowest BCUT2D eigenvalue weighted by molar-refractivity contribution is 0.0945. The molecule has 1 aliphatic heterocycles. The first-order valence-electron chi connectivity index (χ1n) is 8.75. The third-order valence-electron chi connectivity index (χ3n) is 4.24. The summed E-state index contributed by atoms with van der Waals surface area (Å²) in [5, 5.41) is 11.7. The molecule has 1 saturated heterocycles. The minimum Gasteiger partial charge on any atom is -0.492 e. The number of halogens is 2. The zero-order chi connectivity index (χ0) is 18.4. The summed E-state index contributed by atoms with van der Waals surface area (Å²) in [7, 11) is 0. The second-order valence-electron chi connectivity index (χ2n) is 6.21. The van der Waals surface area contributed by atoms with Crippen molar-refractivity contribution in [2.75, 3.05) is 26.2 Å². The van der Waals surface area contributed by atoms with Crippen molar-refractivity contribution in [3.63, 3.8) is 0 Å². The molecule has 1 amide bonds. The quantitative estimate of drug-likeness (QED) is 0.704. The second-order valence-corrected chi connectivity index (χ2v) is 7.06. The van der Waals surface area contributed by atoms with Crippen molar-refractivity contribution in [2.45, 2.75) is 25.3 Å². The molecule has 0 radical (unpaired) electrons. The van der Waals surface area contributed by atoms with Crippen molar-refractivity contribution in [1.82, 2.24) is 20.4 Å². The molecular formula is C18H22Cl2N4O2. The van der Waals surface area contributed by atoms with Gasteiger partial charge in [-0.05, 0) is 50.1 Å². The van der Waals surface area contributed by atoms with E-state index in [2.05, 4.69) is 15.7 Å². The molecule has 0 spiro atoms. The fraction of sp³-hybridized carbons (Fsp3) is 0.444. The number of aromatic nitrogens is 2. The number of piperidine rings is 1. The SMILES string of the molecule is O=C(NCCCOc1ccc(Cl)cc1Cl)c1ccn(C2CCCNC2)n1. The molecule has 1 atom stereocenters. The van der Waals surface area contributed by atoms with Crippen LogP contribution >= 0.6 is 23.2 Å². The topological polar surface area (TPSA) is 68.2 Å². The smallest absolute Gasteiger partial charge is 0.271 e. The van der Waals surface area contributed by atoms with E-state index in [0.717, 1.165) is 25.9 Å². The van der Waals surface area contributed by atoms with E-state index in [9.17, 15) is 4.79 Å². The van der Waals surface area contributed by atoms with Gasteiger partial charge in [-0.15, -0.1) is 0 Å². The van der Waals surface area contributed by atoms with Crippen molar-refractivity contribution < 1.29 is 9.53 Å². The van der Waals surface area contributed by atoms with Gasteiger partial charge in [-0.1, -0.05) is 23.2 Å². The number of ether oxygens (including phenoxy) is 1. The maximum Gasteiger partial charge on any atom is 0.271 e. The first-order valence-corrected chi connectivity index (χ1v) is 9.51. The molecule has 0 bridgehead atoms. The highest BCUT2D eigenvalue weighted by Crippen LogP contribution is 2.27. The second kappa shape index (κ2) is 9.26. The number of rotatable bonds is 7. The Bertz CT molecular complexity index is 745. The van der Waals surface area contributed by atoms with Crippen LogP contribution in [-0.4, -0.2) is 41.9 Å². The number of nitrogens with zero attached hydrogens (tertiary/aromatic N) is 2. The van der Waals surface area contributed by atoms with Gasteiger partial charge in [-0.25, -0.2) is 0 Å². The number of nitrogens with one attached hydrogen (secondary N) is 2. The normalized spacial score (nSPS) is 17.1. The Balaban J connectivity index is 1.39. The summed E-state index contributed by atoms with van der Waals surface area (Å²) in [4.78, 5) is 12.2. The van der Waals surface area contributed by atoms with E-state index in [1.54, 1.807) is 24.3 Å². The van der Waals surface area contributed by atoms with Crippen LogP contribution in [0.25, 0.3) is 0 Å². The molecule has 1 aromatic carbocycles. The zero-order valence-corrected chi connectivity index (χ0v) is 15.9. The molecule has 3 rings (SSSR count). The molecular weight excluding hydrogens is 375 g/mol. The first-order chi connectivity index (χ1) is 12.6. The van der Waals surface area contributed by atoms with E-state index in [0.29, 0.717) is 47.1 Å². The van der Waals surface area contributed by atoms with Crippen LogP contribution < -0.4 is 15.4 Å². The molecule has 1 aromatic heterocycles. The zero-order valence-electron chi connectivity index (χ0n) is 14.4. The molecule has 2 heterocycles. The molecule has 140 valence electrons. The number of carbonyl (C=O) groups excluding carboxylic acids is 1. The summed E-state index contributed by atoms with van der Waals surface area (Å²) in [6, 6.07) is 7.17. The highest BCUT2D eigenvalue weighted by atomic mass is 35.5. The monoisotopic (exact) mass is 396 g/mol. The van der Waals surface area contributed by atoms with Crippen molar-refractivity contribution in [3.8, 4) is 5.75 Å². The predicted octanol–water partition coefficient (Wildman–Crippen LogP) is 3.31. The predicted molar refractivity (Wildman–Crippen MR) is 102 cm³/mol. The lowest BCUT2D eigenvalue weighted by Gasteiger charge is -2.22. The fourth-order valence-corrected chi connectivity index (χ4v) is 3.32. The third-order valence-corrected chi connectivity index (χ3v) is 4.77. The summed E-state index contributed by atoms with van der Waals surface area (Å²) in [5.74, 6) is 0.416. The highest BCUT2D eigenvalue weighted by Gasteiger charge is 2.17. The van der Waals surface area contributed by atoms with Crippen molar-refractivity contribution >= 4 is 29.1 Å². The average Bonchev–Trinajstić information content (AvgIpc) is 3.14. The molecule has 26 heavy (non-hydrogen) atoms. The Hall–Kier alpha value is -1.76. The van der Waals surface area contributed by atoms with E-state index in [1.165, 1.54) is 0 Å². The van der Waals surface area contributed by atoms with Gasteiger partial charge in [0.1, 0.15) is 11.4 Å². The van der Waals surface area contributed by atoms with Crippen molar-refractivity contribution in [3.05, 3.63) is 46.2 Å². The third kappa shape index (κ3) is 5.13. The van der Waals surface area contributed by atoms with Crippen molar-refractivity contribution in [2.24, 2.45) is 0 Å². The minimum absolute atomic E-state index is 0.169. The Morgan fingerprint density at radius 1 is 1.38 bits per heavy atom. The summed E-state index contributed by atoms with van der Waals surface area (Å²) in [6.45, 7) is 2.90.